The van der Waals surface area contributed by atoms with Crippen molar-refractivity contribution in [2.75, 3.05) is 13.2 Å². The van der Waals surface area contributed by atoms with E-state index in [1.807, 2.05) is 45.0 Å². The number of hydrogen-bond acceptors (Lipinski definition) is 6. The van der Waals surface area contributed by atoms with E-state index >= 15 is 4.39 Å². The quantitative estimate of drug-likeness (QED) is 0.379. The van der Waals surface area contributed by atoms with Crippen molar-refractivity contribution in [1.29, 1.82) is 0 Å². The maximum atomic E-state index is 16.5. The number of benzene rings is 2. The number of aliphatic hydroxyl groups excluding tert-OH is 1. The second kappa shape index (κ2) is 11.4. The van der Waals surface area contributed by atoms with Crippen LogP contribution < -0.4 is 0 Å². The Morgan fingerprint density at radius 1 is 1.07 bits per heavy atom. The molecule has 1 aliphatic carbocycles. The van der Waals surface area contributed by atoms with Crippen LogP contribution in [0.5, 0.6) is 0 Å². The summed E-state index contributed by atoms with van der Waals surface area (Å²) >= 11 is 0. The third kappa shape index (κ3) is 4.82. The lowest BCUT2D eigenvalue weighted by Crippen LogP contribution is -2.47. The summed E-state index contributed by atoms with van der Waals surface area (Å²) in [5.74, 6) is -0.705. The molecule has 1 aromatic heterocycles. The van der Waals surface area contributed by atoms with Gasteiger partial charge in [-0.15, -0.1) is 0 Å². The summed E-state index contributed by atoms with van der Waals surface area (Å²) in [5, 5.41) is 21.7. The zero-order valence-electron chi connectivity index (χ0n) is 23.5. The highest BCUT2D eigenvalue weighted by Gasteiger charge is 2.55. The van der Waals surface area contributed by atoms with E-state index in [-0.39, 0.29) is 36.8 Å². The first-order valence-electron chi connectivity index (χ1n) is 14.2. The lowest BCUT2D eigenvalue weighted by atomic mass is 9.71. The molecule has 212 valence electrons. The van der Waals surface area contributed by atoms with Gasteiger partial charge < -0.3 is 14.9 Å². The average Bonchev–Trinajstić information content (AvgIpc) is 3.21. The van der Waals surface area contributed by atoms with E-state index in [4.69, 9.17) is 4.74 Å². The van der Waals surface area contributed by atoms with Gasteiger partial charge in [-0.2, -0.15) is 0 Å². The molecule has 1 aliphatic heterocycles. The first kappa shape index (κ1) is 28.3. The van der Waals surface area contributed by atoms with Gasteiger partial charge in [0.1, 0.15) is 11.6 Å². The molecule has 3 aromatic rings. The van der Waals surface area contributed by atoms with Crippen LogP contribution in [0.2, 0.25) is 0 Å². The number of amides is 1. The molecule has 7 nitrogen and oxygen atoms in total. The third-order valence-electron chi connectivity index (χ3n) is 8.58. The van der Waals surface area contributed by atoms with Gasteiger partial charge in [-0.3, -0.25) is 9.69 Å². The maximum absolute atomic E-state index is 16.5. The number of carbonyl (C=O) groups excluding carboxylic acids is 1. The predicted molar refractivity (Wildman–Crippen MR) is 149 cm³/mol. The first-order valence-corrected chi connectivity index (χ1v) is 14.2. The monoisotopic (exact) mass is 547 g/mol. The van der Waals surface area contributed by atoms with Crippen molar-refractivity contribution in [3.05, 3.63) is 93.8 Å². The number of halogens is 1. The number of aliphatic hydroxyl groups is 2. The number of fused-ring (bicyclic) bond motifs is 1. The summed E-state index contributed by atoms with van der Waals surface area (Å²) in [6.45, 7) is 5.24. The molecule has 2 N–H and O–H groups in total. The van der Waals surface area contributed by atoms with Crippen LogP contribution in [0.15, 0.2) is 48.8 Å². The Balaban J connectivity index is 1.71. The summed E-state index contributed by atoms with van der Waals surface area (Å²) in [4.78, 5) is 24.5. The SMILES string of the molecule is CCC(O)(c1cc(F)c2c(c1)C(=O)N(Cc1ncc(C)cn1)[C@@]2(OCCO)c1ccc(C)cc1)C1CCCCC1. The second-order valence-corrected chi connectivity index (χ2v) is 11.1. The van der Waals surface area contributed by atoms with Gasteiger partial charge in [-0.05, 0) is 62.3 Å². The Morgan fingerprint density at radius 2 is 1.75 bits per heavy atom. The standard InChI is InChI=1S/C32H38FN3O4/c1-4-31(39,23-8-6-5-7-9-23)25-16-26-29(27(33)17-25)32(40-15-14-37,24-12-10-21(2)11-13-24)36(30(26)38)20-28-34-18-22(3)19-35-28/h10-13,16-19,23,37,39H,4-9,14-15,20H2,1-3H3/t31?,32-/m1/s1. The fourth-order valence-corrected chi connectivity index (χ4v) is 6.43. The molecule has 2 atom stereocenters. The lowest BCUT2D eigenvalue weighted by molar-refractivity contribution is -0.121. The van der Waals surface area contributed by atoms with Crippen LogP contribution in [-0.2, 0) is 22.6 Å². The van der Waals surface area contributed by atoms with Crippen molar-refractivity contribution in [3.63, 3.8) is 0 Å². The Kier molecular flexibility index (Phi) is 8.04. The fraction of sp³-hybridized carbons (Fsp3) is 0.469. The molecular formula is C32H38FN3O4. The minimum atomic E-state index is -1.66. The number of aryl methyl sites for hydroxylation is 2. The molecule has 0 spiro atoms. The average molecular weight is 548 g/mol. The Bertz CT molecular complexity index is 1360. The van der Waals surface area contributed by atoms with Crippen molar-refractivity contribution in [2.24, 2.45) is 5.92 Å². The van der Waals surface area contributed by atoms with Gasteiger partial charge in [0, 0.05) is 18.0 Å². The van der Waals surface area contributed by atoms with Gasteiger partial charge >= 0.3 is 0 Å². The van der Waals surface area contributed by atoms with E-state index in [9.17, 15) is 15.0 Å². The van der Waals surface area contributed by atoms with Crippen molar-refractivity contribution in [3.8, 4) is 0 Å². The lowest BCUT2D eigenvalue weighted by Gasteiger charge is -2.40. The van der Waals surface area contributed by atoms with Crippen LogP contribution in [-0.4, -0.2) is 44.2 Å². The van der Waals surface area contributed by atoms with Crippen LogP contribution in [0.25, 0.3) is 0 Å². The molecule has 2 aliphatic rings. The molecule has 2 heterocycles. The zero-order valence-corrected chi connectivity index (χ0v) is 23.5. The van der Waals surface area contributed by atoms with E-state index < -0.39 is 23.1 Å². The summed E-state index contributed by atoms with van der Waals surface area (Å²) < 4.78 is 22.9. The third-order valence-corrected chi connectivity index (χ3v) is 8.58. The smallest absolute Gasteiger partial charge is 0.257 e. The highest BCUT2D eigenvalue weighted by Crippen LogP contribution is 2.50. The normalized spacial score (nSPS) is 20.9. The Morgan fingerprint density at radius 3 is 2.38 bits per heavy atom. The number of carbonyl (C=O) groups is 1. The van der Waals surface area contributed by atoms with Crippen molar-refractivity contribution in [2.45, 2.75) is 77.2 Å². The van der Waals surface area contributed by atoms with Crippen molar-refractivity contribution < 1.29 is 24.1 Å². The van der Waals surface area contributed by atoms with E-state index in [1.54, 1.807) is 18.5 Å². The van der Waals surface area contributed by atoms with Gasteiger partial charge in [0.2, 0.25) is 0 Å². The second-order valence-electron chi connectivity index (χ2n) is 11.1. The topological polar surface area (TPSA) is 95.8 Å². The molecule has 40 heavy (non-hydrogen) atoms. The highest BCUT2D eigenvalue weighted by molar-refractivity contribution is 6.00. The van der Waals surface area contributed by atoms with Gasteiger partial charge in [0.05, 0.1) is 36.5 Å². The van der Waals surface area contributed by atoms with E-state index in [0.29, 0.717) is 23.4 Å². The van der Waals surface area contributed by atoms with Gasteiger partial charge in [0.15, 0.2) is 5.72 Å². The fourth-order valence-electron chi connectivity index (χ4n) is 6.43. The minimum absolute atomic E-state index is 0.00948. The molecule has 8 heteroatoms. The maximum Gasteiger partial charge on any atom is 0.257 e. The molecule has 2 aromatic carbocycles. The Labute approximate surface area is 235 Å². The molecule has 5 rings (SSSR count). The van der Waals surface area contributed by atoms with Gasteiger partial charge in [-0.1, -0.05) is 56.0 Å². The molecule has 0 saturated heterocycles. The number of hydrogen-bond donors (Lipinski definition) is 2. The molecule has 0 bridgehead atoms. The summed E-state index contributed by atoms with van der Waals surface area (Å²) in [6, 6.07) is 10.4. The number of nitrogens with zero attached hydrogens (tertiary/aromatic N) is 3. The molecule has 1 unspecified atom stereocenters. The molecule has 1 amide bonds. The van der Waals surface area contributed by atoms with E-state index in [2.05, 4.69) is 9.97 Å². The van der Waals surface area contributed by atoms with Crippen LogP contribution in [0.4, 0.5) is 4.39 Å². The van der Waals surface area contributed by atoms with Crippen molar-refractivity contribution >= 4 is 5.91 Å². The Hall–Kier alpha value is -3.20. The minimum Gasteiger partial charge on any atom is -0.394 e. The van der Waals surface area contributed by atoms with Gasteiger partial charge in [-0.25, -0.2) is 14.4 Å². The molecule has 1 fully saturated rings. The van der Waals surface area contributed by atoms with Crippen LogP contribution in [0, 0.1) is 25.6 Å². The van der Waals surface area contributed by atoms with Crippen molar-refractivity contribution in [1.82, 2.24) is 14.9 Å². The highest BCUT2D eigenvalue weighted by atomic mass is 19.1. The number of ether oxygens (including phenoxy) is 1. The predicted octanol–water partition coefficient (Wildman–Crippen LogP) is 5.28. The van der Waals surface area contributed by atoms with E-state index in [0.717, 1.165) is 43.2 Å². The van der Waals surface area contributed by atoms with Crippen LogP contribution in [0.3, 0.4) is 0 Å². The zero-order chi connectivity index (χ0) is 28.5. The number of rotatable bonds is 9. The summed E-state index contributed by atoms with van der Waals surface area (Å²) in [7, 11) is 0. The molecule has 0 radical (unpaired) electrons. The largest absolute Gasteiger partial charge is 0.394 e. The molecular weight excluding hydrogens is 509 g/mol. The summed E-state index contributed by atoms with van der Waals surface area (Å²) in [6.07, 6.45) is 8.65. The van der Waals surface area contributed by atoms with Gasteiger partial charge in [0.25, 0.3) is 5.91 Å². The molecule has 1 saturated carbocycles. The van der Waals surface area contributed by atoms with Crippen LogP contribution in [0.1, 0.15) is 89.4 Å². The van der Waals surface area contributed by atoms with Crippen LogP contribution >= 0.6 is 0 Å². The summed E-state index contributed by atoms with van der Waals surface area (Å²) in [5.41, 5.74) is 0.150. The first-order chi connectivity index (χ1) is 19.2. The number of aromatic nitrogens is 2. The van der Waals surface area contributed by atoms with E-state index in [1.165, 1.54) is 11.0 Å².